The predicted octanol–water partition coefficient (Wildman–Crippen LogP) is 4.28. The monoisotopic (exact) mass is 523 g/mol. The van der Waals surface area contributed by atoms with Crippen molar-refractivity contribution in [3.8, 4) is 11.4 Å². The van der Waals surface area contributed by atoms with Crippen LogP contribution in [0.4, 0.5) is 5.82 Å². The van der Waals surface area contributed by atoms with Crippen molar-refractivity contribution in [2.24, 2.45) is 5.41 Å². The largest absolute Gasteiger partial charge is 0.432 e. The van der Waals surface area contributed by atoms with Crippen LogP contribution in [0.15, 0.2) is 47.1 Å². The maximum Gasteiger partial charge on any atom is 0.229 e. The lowest BCUT2D eigenvalue weighted by Crippen LogP contribution is -2.37. The quantitative estimate of drug-likeness (QED) is 0.374. The van der Waals surface area contributed by atoms with Gasteiger partial charge in [-0.25, -0.2) is 15.0 Å². The van der Waals surface area contributed by atoms with Crippen molar-refractivity contribution in [3.63, 3.8) is 0 Å². The van der Waals surface area contributed by atoms with E-state index in [4.69, 9.17) is 24.1 Å². The van der Waals surface area contributed by atoms with Crippen molar-refractivity contribution in [1.29, 1.82) is 0 Å². The van der Waals surface area contributed by atoms with Gasteiger partial charge in [0.25, 0.3) is 0 Å². The SMILES string of the molecule is CN1CC[C@]2(CCN(Cc3cnc4oc5c(N6CCOCC6)nc(-c6cccc7[nH]ccc67)nc5c4c3)C2)C1. The van der Waals surface area contributed by atoms with Crippen molar-refractivity contribution >= 4 is 38.9 Å². The molecule has 3 saturated heterocycles. The molecule has 9 heteroatoms. The van der Waals surface area contributed by atoms with Crippen LogP contribution in [0.3, 0.4) is 0 Å². The van der Waals surface area contributed by atoms with Gasteiger partial charge in [-0.2, -0.15) is 0 Å². The number of anilines is 1. The van der Waals surface area contributed by atoms with Crippen molar-refractivity contribution in [2.45, 2.75) is 19.4 Å². The Morgan fingerprint density at radius 1 is 1.00 bits per heavy atom. The van der Waals surface area contributed by atoms with Gasteiger partial charge in [0.05, 0.1) is 18.6 Å². The topological polar surface area (TPSA) is 86.5 Å². The summed E-state index contributed by atoms with van der Waals surface area (Å²) in [5.41, 5.74) is 5.89. The van der Waals surface area contributed by atoms with Crippen LogP contribution in [0.1, 0.15) is 18.4 Å². The first-order valence-electron chi connectivity index (χ1n) is 14.0. The molecule has 5 aromatic rings. The van der Waals surface area contributed by atoms with Gasteiger partial charge in [-0.3, -0.25) is 4.90 Å². The number of fused-ring (bicyclic) bond motifs is 4. The van der Waals surface area contributed by atoms with Crippen LogP contribution in [0.2, 0.25) is 0 Å². The number of benzene rings is 1. The van der Waals surface area contributed by atoms with E-state index in [9.17, 15) is 0 Å². The molecular weight excluding hydrogens is 490 g/mol. The van der Waals surface area contributed by atoms with E-state index in [1.54, 1.807) is 0 Å². The van der Waals surface area contributed by atoms with Crippen LogP contribution < -0.4 is 4.90 Å². The number of H-pyrrole nitrogens is 1. The van der Waals surface area contributed by atoms with Crippen molar-refractivity contribution in [3.05, 3.63) is 48.3 Å². The molecular formula is C30H33N7O2. The number of ether oxygens (including phenoxy) is 1. The van der Waals surface area contributed by atoms with E-state index in [2.05, 4.69) is 51.0 Å². The fraction of sp³-hybridized carbons (Fsp3) is 0.433. The third-order valence-electron chi connectivity index (χ3n) is 8.91. The lowest BCUT2D eigenvalue weighted by atomic mass is 9.86. The average molecular weight is 524 g/mol. The third-order valence-corrected chi connectivity index (χ3v) is 8.91. The fourth-order valence-corrected chi connectivity index (χ4v) is 6.95. The van der Waals surface area contributed by atoms with Gasteiger partial charge in [0.2, 0.25) is 5.71 Å². The van der Waals surface area contributed by atoms with Crippen molar-refractivity contribution in [1.82, 2.24) is 29.7 Å². The highest BCUT2D eigenvalue weighted by Gasteiger charge is 2.42. The second-order valence-electron chi connectivity index (χ2n) is 11.6. The Kier molecular flexibility index (Phi) is 5.40. The highest BCUT2D eigenvalue weighted by Crippen LogP contribution is 2.40. The summed E-state index contributed by atoms with van der Waals surface area (Å²) in [6.07, 6.45) is 6.53. The summed E-state index contributed by atoms with van der Waals surface area (Å²) >= 11 is 0. The van der Waals surface area contributed by atoms with Gasteiger partial charge in [0.1, 0.15) is 5.52 Å². The summed E-state index contributed by atoms with van der Waals surface area (Å²) in [5, 5.41) is 2.06. The zero-order valence-electron chi connectivity index (χ0n) is 22.3. The molecule has 39 heavy (non-hydrogen) atoms. The minimum Gasteiger partial charge on any atom is -0.432 e. The Morgan fingerprint density at radius 2 is 1.90 bits per heavy atom. The molecule has 1 aromatic carbocycles. The van der Waals surface area contributed by atoms with Crippen LogP contribution >= 0.6 is 0 Å². The zero-order chi connectivity index (χ0) is 26.0. The molecule has 4 aromatic heterocycles. The number of hydrogen-bond donors (Lipinski definition) is 1. The van der Waals surface area contributed by atoms with Crippen LogP contribution in [0, 0.1) is 5.41 Å². The number of likely N-dealkylation sites (tertiary alicyclic amines) is 2. The summed E-state index contributed by atoms with van der Waals surface area (Å²) < 4.78 is 12.0. The number of nitrogens with one attached hydrogen (secondary N) is 1. The van der Waals surface area contributed by atoms with Crippen LogP contribution in [0.5, 0.6) is 0 Å². The molecule has 0 radical (unpaired) electrons. The fourth-order valence-electron chi connectivity index (χ4n) is 6.95. The third kappa shape index (κ3) is 3.99. The standard InChI is InChI=1S/C30H33N7O2/c1-35-9-6-30(18-35)7-10-36(19-30)17-20-15-23-25-26(39-29(23)32-16-20)28(37-11-13-38-14-12-37)34-27(33-25)22-3-2-4-24-21(22)5-8-31-24/h2-5,8,15-16,31H,6-7,9-14,17-19H2,1H3/t30-/m0/s1. The molecule has 0 amide bonds. The van der Waals surface area contributed by atoms with Crippen molar-refractivity contribution in [2.75, 3.05) is 64.4 Å². The number of rotatable bonds is 4. The number of nitrogens with zero attached hydrogens (tertiary/aromatic N) is 6. The smallest absolute Gasteiger partial charge is 0.229 e. The second kappa shape index (κ2) is 9.01. The van der Waals surface area contributed by atoms with Gasteiger partial charge >= 0.3 is 0 Å². The van der Waals surface area contributed by atoms with Gasteiger partial charge in [-0.1, -0.05) is 12.1 Å². The average Bonchev–Trinajstić information content (AvgIpc) is 3.75. The number of aromatic nitrogens is 4. The first-order valence-corrected chi connectivity index (χ1v) is 14.0. The minimum atomic E-state index is 0.461. The molecule has 3 aliphatic heterocycles. The van der Waals surface area contributed by atoms with Gasteiger partial charge in [0.15, 0.2) is 17.2 Å². The highest BCUT2D eigenvalue weighted by molar-refractivity contribution is 6.06. The molecule has 0 aliphatic carbocycles. The second-order valence-corrected chi connectivity index (χ2v) is 11.6. The van der Waals surface area contributed by atoms with E-state index >= 15 is 0 Å². The molecule has 1 N–H and O–H groups in total. The summed E-state index contributed by atoms with van der Waals surface area (Å²) in [4.78, 5) is 25.6. The van der Waals surface area contributed by atoms with Gasteiger partial charge in [0, 0.05) is 61.6 Å². The Labute approximate surface area is 226 Å². The summed E-state index contributed by atoms with van der Waals surface area (Å²) in [7, 11) is 2.25. The van der Waals surface area contributed by atoms with Gasteiger partial charge < -0.3 is 23.9 Å². The molecule has 0 saturated carbocycles. The van der Waals surface area contributed by atoms with Gasteiger partial charge in [-0.15, -0.1) is 0 Å². The molecule has 8 rings (SSSR count). The Bertz CT molecular complexity index is 1690. The normalized spacial score (nSPS) is 22.8. The molecule has 1 atom stereocenters. The molecule has 3 aliphatic rings. The van der Waals surface area contributed by atoms with E-state index in [-0.39, 0.29) is 0 Å². The summed E-state index contributed by atoms with van der Waals surface area (Å²) in [6, 6.07) is 10.5. The van der Waals surface area contributed by atoms with E-state index < -0.39 is 0 Å². The molecule has 0 unspecified atom stereocenters. The molecule has 7 heterocycles. The first-order chi connectivity index (χ1) is 19.1. The highest BCUT2D eigenvalue weighted by atomic mass is 16.5. The zero-order valence-corrected chi connectivity index (χ0v) is 22.3. The summed E-state index contributed by atoms with van der Waals surface area (Å²) in [5.74, 6) is 1.52. The maximum absolute atomic E-state index is 6.37. The minimum absolute atomic E-state index is 0.461. The lowest BCUT2D eigenvalue weighted by Gasteiger charge is -2.27. The Balaban J connectivity index is 1.22. The number of hydrogen-bond acceptors (Lipinski definition) is 8. The number of morpholine rings is 1. The Hall–Kier alpha value is -3.53. The lowest BCUT2D eigenvalue weighted by molar-refractivity contribution is 0.122. The van der Waals surface area contributed by atoms with Crippen LogP contribution in [0.25, 0.3) is 44.5 Å². The maximum atomic E-state index is 6.37. The molecule has 0 bridgehead atoms. The summed E-state index contributed by atoms with van der Waals surface area (Å²) in [6.45, 7) is 8.51. The Morgan fingerprint density at radius 3 is 2.77 bits per heavy atom. The van der Waals surface area contributed by atoms with E-state index in [0.717, 1.165) is 65.9 Å². The van der Waals surface area contributed by atoms with Gasteiger partial charge in [-0.05, 0) is 62.2 Å². The molecule has 3 fully saturated rings. The van der Waals surface area contributed by atoms with Crippen LogP contribution in [-0.4, -0.2) is 89.3 Å². The van der Waals surface area contributed by atoms with E-state index in [1.807, 2.05) is 18.5 Å². The van der Waals surface area contributed by atoms with Crippen molar-refractivity contribution < 1.29 is 9.15 Å². The van der Waals surface area contributed by atoms with Crippen LogP contribution in [-0.2, 0) is 11.3 Å². The predicted molar refractivity (Wildman–Crippen MR) is 152 cm³/mol. The molecule has 200 valence electrons. The first kappa shape index (κ1) is 23.4. The molecule has 9 nitrogen and oxygen atoms in total. The number of aromatic amines is 1. The number of pyridine rings is 1. The molecule has 1 spiro atoms. The van der Waals surface area contributed by atoms with E-state index in [1.165, 1.54) is 31.5 Å². The number of furan rings is 1. The van der Waals surface area contributed by atoms with E-state index in [0.29, 0.717) is 35.7 Å².